The van der Waals surface area contributed by atoms with Crippen LogP contribution in [0.3, 0.4) is 0 Å². The Morgan fingerprint density at radius 3 is 2.21 bits per heavy atom. The van der Waals surface area contributed by atoms with Crippen molar-refractivity contribution in [3.05, 3.63) is 59.7 Å². The molecule has 5 nitrogen and oxygen atoms in total. The molecule has 1 aliphatic carbocycles. The minimum atomic E-state index is 0.450. The summed E-state index contributed by atoms with van der Waals surface area (Å²) in [6.45, 7) is 4.35. The van der Waals surface area contributed by atoms with E-state index in [1.54, 1.807) is 0 Å². The van der Waals surface area contributed by atoms with Crippen LogP contribution in [0.4, 0.5) is 11.8 Å². The van der Waals surface area contributed by atoms with E-state index in [0.717, 1.165) is 41.7 Å². The number of nitrogens with one attached hydrogen (secondary N) is 2. The van der Waals surface area contributed by atoms with Crippen LogP contribution in [-0.2, 0) is 13.0 Å². The topological polar surface area (TPSA) is 53.1 Å². The number of unbranched alkanes of at least 4 members (excludes halogenated alkanes) is 6. The third-order valence-corrected chi connectivity index (χ3v) is 8.04. The van der Waals surface area contributed by atoms with Gasteiger partial charge in [0.25, 0.3) is 0 Å². The average Bonchev–Trinajstić information content (AvgIpc) is 2.94. The van der Waals surface area contributed by atoms with Crippen molar-refractivity contribution in [3.8, 4) is 0 Å². The molecule has 0 aliphatic heterocycles. The fourth-order valence-corrected chi connectivity index (χ4v) is 5.69. The van der Waals surface area contributed by atoms with Crippen molar-refractivity contribution in [2.75, 3.05) is 30.9 Å². The summed E-state index contributed by atoms with van der Waals surface area (Å²) in [5.74, 6) is 2.48. The number of hydrogen-bond donors (Lipinski definition) is 2. The van der Waals surface area contributed by atoms with E-state index >= 15 is 0 Å². The molecule has 1 heterocycles. The van der Waals surface area contributed by atoms with Crippen LogP contribution in [0, 0.1) is 5.92 Å². The molecular weight excluding hydrogens is 466 g/mol. The summed E-state index contributed by atoms with van der Waals surface area (Å²) in [5.41, 5.74) is 3.88. The van der Waals surface area contributed by atoms with E-state index in [1.807, 2.05) is 26.2 Å². The predicted octanol–water partition coefficient (Wildman–Crippen LogP) is 7.75. The van der Waals surface area contributed by atoms with Gasteiger partial charge in [-0.3, -0.25) is 0 Å². The Morgan fingerprint density at radius 1 is 0.789 bits per heavy atom. The number of benzene rings is 2. The van der Waals surface area contributed by atoms with Gasteiger partial charge in [-0.25, -0.2) is 4.98 Å². The van der Waals surface area contributed by atoms with E-state index in [1.165, 1.54) is 88.2 Å². The second kappa shape index (κ2) is 15.1. The molecule has 1 fully saturated rings. The second-order valence-corrected chi connectivity index (χ2v) is 11.5. The van der Waals surface area contributed by atoms with Gasteiger partial charge in [0.15, 0.2) is 0 Å². The van der Waals surface area contributed by atoms with Gasteiger partial charge >= 0.3 is 0 Å². The minimum absolute atomic E-state index is 0.450. The van der Waals surface area contributed by atoms with Gasteiger partial charge in [-0.2, -0.15) is 4.98 Å². The molecule has 1 aromatic heterocycles. The molecule has 5 heteroatoms. The van der Waals surface area contributed by atoms with Crippen LogP contribution in [-0.4, -0.2) is 36.6 Å². The molecule has 206 valence electrons. The number of fused-ring (bicyclic) bond motifs is 1. The molecule has 4 rings (SSSR count). The van der Waals surface area contributed by atoms with E-state index < -0.39 is 0 Å². The highest BCUT2D eigenvalue weighted by Gasteiger charge is 2.22. The lowest BCUT2D eigenvalue weighted by molar-refractivity contribution is 0.324. The summed E-state index contributed by atoms with van der Waals surface area (Å²) in [7, 11) is 4.09. The Balaban J connectivity index is 1.13. The van der Waals surface area contributed by atoms with Crippen molar-refractivity contribution < 1.29 is 0 Å². The number of aryl methyl sites for hydroxylation is 1. The number of anilines is 2. The molecule has 0 spiro atoms. The average molecular weight is 516 g/mol. The highest BCUT2D eigenvalue weighted by molar-refractivity contribution is 5.90. The van der Waals surface area contributed by atoms with Crippen molar-refractivity contribution in [3.63, 3.8) is 0 Å². The molecule has 2 N–H and O–H groups in total. The smallest absolute Gasteiger partial charge is 0.225 e. The van der Waals surface area contributed by atoms with E-state index in [4.69, 9.17) is 9.97 Å². The van der Waals surface area contributed by atoms with Gasteiger partial charge in [0.1, 0.15) is 5.82 Å². The number of hydrogen-bond acceptors (Lipinski definition) is 5. The number of aromatic nitrogens is 2. The molecule has 0 atom stereocenters. The normalized spacial score (nSPS) is 17.6. The van der Waals surface area contributed by atoms with Crippen LogP contribution < -0.4 is 15.5 Å². The number of nitrogens with zero attached hydrogens (tertiary/aromatic N) is 3. The fourth-order valence-electron chi connectivity index (χ4n) is 5.69. The minimum Gasteiger partial charge on any atom is -0.362 e. The summed E-state index contributed by atoms with van der Waals surface area (Å²) < 4.78 is 0. The third kappa shape index (κ3) is 8.69. The maximum Gasteiger partial charge on any atom is 0.225 e. The largest absolute Gasteiger partial charge is 0.362 e. The zero-order valence-corrected chi connectivity index (χ0v) is 24.0. The summed E-state index contributed by atoms with van der Waals surface area (Å²) in [5, 5.41) is 8.46. The number of rotatable bonds is 15. The Hall–Kier alpha value is -2.66. The number of para-hydroxylation sites is 1. The molecule has 0 amide bonds. The monoisotopic (exact) mass is 515 g/mol. The van der Waals surface area contributed by atoms with Crippen molar-refractivity contribution >= 4 is 22.7 Å². The maximum atomic E-state index is 4.83. The SMILES string of the molecule is CCCCCCCCCc1ccc(CNC[C@H]2CC[C@@H](Nc3nc(N(C)C)c4ccccc4n3)CC2)cc1. The molecule has 0 radical (unpaired) electrons. The molecule has 2 aromatic carbocycles. The van der Waals surface area contributed by atoms with Gasteiger partial charge < -0.3 is 15.5 Å². The molecule has 1 saturated carbocycles. The van der Waals surface area contributed by atoms with Gasteiger partial charge in [0, 0.05) is 32.1 Å². The zero-order chi connectivity index (χ0) is 26.6. The lowest BCUT2D eigenvalue weighted by Crippen LogP contribution is -2.31. The summed E-state index contributed by atoms with van der Waals surface area (Å²) in [6, 6.07) is 18.0. The van der Waals surface area contributed by atoms with E-state index in [-0.39, 0.29) is 0 Å². The van der Waals surface area contributed by atoms with Gasteiger partial charge in [-0.1, -0.05) is 81.8 Å². The van der Waals surface area contributed by atoms with Crippen molar-refractivity contribution in [2.24, 2.45) is 5.92 Å². The first kappa shape index (κ1) is 28.4. The van der Waals surface area contributed by atoms with Crippen LogP contribution >= 0.6 is 0 Å². The zero-order valence-electron chi connectivity index (χ0n) is 24.0. The first-order valence-electron chi connectivity index (χ1n) is 15.1. The van der Waals surface area contributed by atoms with Gasteiger partial charge in [-0.15, -0.1) is 0 Å². The summed E-state index contributed by atoms with van der Waals surface area (Å²) in [4.78, 5) is 11.7. The first-order chi connectivity index (χ1) is 18.6. The standard InChI is InChI=1S/C33H49N5/c1-4-5-6-7-8-9-10-13-26-16-18-27(19-17-26)24-34-25-28-20-22-29(23-21-28)35-33-36-31-15-12-11-14-30(31)32(37-33)38(2)3/h11-12,14-19,28-29,34H,4-10,13,20-25H2,1-3H3,(H,35,36,37)/t28-,29+. The molecule has 0 unspecified atom stereocenters. The van der Waals surface area contributed by atoms with Crippen LogP contribution in [0.1, 0.15) is 88.7 Å². The van der Waals surface area contributed by atoms with Crippen LogP contribution in [0.25, 0.3) is 10.9 Å². The van der Waals surface area contributed by atoms with Crippen molar-refractivity contribution in [2.45, 2.75) is 96.6 Å². The highest BCUT2D eigenvalue weighted by Crippen LogP contribution is 2.28. The second-order valence-electron chi connectivity index (χ2n) is 11.5. The Kier molecular flexibility index (Phi) is 11.2. The van der Waals surface area contributed by atoms with Gasteiger partial charge in [0.2, 0.25) is 5.95 Å². The van der Waals surface area contributed by atoms with Crippen LogP contribution in [0.5, 0.6) is 0 Å². The Labute approximate surface area is 230 Å². The molecular formula is C33H49N5. The van der Waals surface area contributed by atoms with Gasteiger partial charge in [0.05, 0.1) is 5.52 Å². The fraction of sp³-hybridized carbons (Fsp3) is 0.576. The highest BCUT2D eigenvalue weighted by atomic mass is 15.2. The van der Waals surface area contributed by atoms with E-state index in [2.05, 4.69) is 58.9 Å². The molecule has 38 heavy (non-hydrogen) atoms. The maximum absolute atomic E-state index is 4.83. The lowest BCUT2D eigenvalue weighted by Gasteiger charge is -2.29. The van der Waals surface area contributed by atoms with Crippen molar-refractivity contribution in [1.82, 2.24) is 15.3 Å². The van der Waals surface area contributed by atoms with Crippen molar-refractivity contribution in [1.29, 1.82) is 0 Å². The van der Waals surface area contributed by atoms with Crippen LogP contribution in [0.2, 0.25) is 0 Å². The first-order valence-corrected chi connectivity index (χ1v) is 15.1. The lowest BCUT2D eigenvalue weighted by atomic mass is 9.86. The third-order valence-electron chi connectivity index (χ3n) is 8.04. The Morgan fingerprint density at radius 2 is 1.47 bits per heavy atom. The van der Waals surface area contributed by atoms with E-state index in [9.17, 15) is 0 Å². The Bertz CT molecular complexity index is 1090. The van der Waals surface area contributed by atoms with Gasteiger partial charge in [-0.05, 0) is 74.2 Å². The summed E-state index contributed by atoms with van der Waals surface area (Å²) in [6.07, 6.45) is 15.7. The molecule has 1 aliphatic rings. The predicted molar refractivity (Wildman–Crippen MR) is 163 cm³/mol. The molecule has 0 bridgehead atoms. The molecule has 3 aromatic rings. The quantitative estimate of drug-likeness (QED) is 0.203. The van der Waals surface area contributed by atoms with Crippen LogP contribution in [0.15, 0.2) is 48.5 Å². The summed E-state index contributed by atoms with van der Waals surface area (Å²) >= 11 is 0. The molecule has 0 saturated heterocycles. The van der Waals surface area contributed by atoms with E-state index in [0.29, 0.717) is 6.04 Å².